The molecule has 4 heteroatoms. The Hall–Kier alpha value is -1.57. The van der Waals surface area contributed by atoms with Crippen LogP contribution in [-0.4, -0.2) is 37.7 Å². The number of hydrogen-bond acceptors (Lipinski definition) is 4. The minimum absolute atomic E-state index is 0.100. The summed E-state index contributed by atoms with van der Waals surface area (Å²) in [4.78, 5) is 2.54. The molecule has 0 bridgehead atoms. The molecular weight excluding hydrogens is 262 g/mol. The van der Waals surface area contributed by atoms with Gasteiger partial charge in [0, 0.05) is 19.1 Å². The maximum atomic E-state index is 8.49. The van der Waals surface area contributed by atoms with Crippen molar-refractivity contribution in [3.8, 4) is 11.8 Å². The van der Waals surface area contributed by atoms with Gasteiger partial charge in [0.25, 0.3) is 0 Å². The minimum atomic E-state index is 0.100. The topological polar surface area (TPSA) is 48.3 Å². The quantitative estimate of drug-likeness (QED) is 0.837. The van der Waals surface area contributed by atoms with Crippen molar-refractivity contribution >= 4 is 0 Å². The summed E-state index contributed by atoms with van der Waals surface area (Å²) in [5, 5.41) is 12.1. The molecule has 1 aliphatic rings. The zero-order valence-corrected chi connectivity index (χ0v) is 12.8. The van der Waals surface area contributed by atoms with Crippen LogP contribution in [0.3, 0.4) is 0 Å². The summed E-state index contributed by atoms with van der Waals surface area (Å²) in [6.07, 6.45) is 4.08. The van der Waals surface area contributed by atoms with E-state index in [4.69, 9.17) is 10.00 Å². The number of likely N-dealkylation sites (tertiary alicyclic amines) is 1. The molecule has 2 rings (SSSR count). The second kappa shape index (κ2) is 8.66. The van der Waals surface area contributed by atoms with Crippen molar-refractivity contribution in [2.45, 2.75) is 32.2 Å². The molecule has 0 aromatic heterocycles. The highest BCUT2D eigenvalue weighted by molar-refractivity contribution is 5.29. The van der Waals surface area contributed by atoms with E-state index in [1.165, 1.54) is 37.9 Å². The van der Waals surface area contributed by atoms with E-state index in [1.54, 1.807) is 0 Å². The standard InChI is InChI=1S/C17H25N3O/c1-15(19-10-13-20-11-3-2-4-12-20)16-5-7-17(8-6-16)21-14-9-18/h5-8,15,19H,2-4,10-14H2,1H3. The van der Waals surface area contributed by atoms with Crippen molar-refractivity contribution in [2.24, 2.45) is 0 Å². The van der Waals surface area contributed by atoms with E-state index in [9.17, 15) is 0 Å². The highest BCUT2D eigenvalue weighted by atomic mass is 16.5. The lowest BCUT2D eigenvalue weighted by Gasteiger charge is -2.27. The van der Waals surface area contributed by atoms with Crippen LogP contribution in [0.1, 0.15) is 37.8 Å². The Balaban J connectivity index is 1.72. The molecule has 1 N–H and O–H groups in total. The van der Waals surface area contributed by atoms with Gasteiger partial charge in [-0.2, -0.15) is 5.26 Å². The summed E-state index contributed by atoms with van der Waals surface area (Å²) < 4.78 is 5.26. The fraction of sp³-hybridized carbons (Fsp3) is 0.588. The Morgan fingerprint density at radius 2 is 1.95 bits per heavy atom. The first-order valence-electron chi connectivity index (χ1n) is 7.85. The number of hydrogen-bond donors (Lipinski definition) is 1. The molecule has 4 nitrogen and oxygen atoms in total. The third kappa shape index (κ3) is 5.37. The molecule has 1 atom stereocenters. The minimum Gasteiger partial charge on any atom is -0.479 e. The van der Waals surface area contributed by atoms with E-state index in [1.807, 2.05) is 18.2 Å². The second-order valence-corrected chi connectivity index (χ2v) is 5.59. The molecule has 1 fully saturated rings. The average Bonchev–Trinajstić information content (AvgIpc) is 2.54. The number of benzene rings is 1. The largest absolute Gasteiger partial charge is 0.479 e. The number of nitrogens with zero attached hydrogens (tertiary/aromatic N) is 2. The molecule has 0 amide bonds. The van der Waals surface area contributed by atoms with Crippen LogP contribution in [0.5, 0.6) is 5.75 Å². The molecule has 1 saturated heterocycles. The van der Waals surface area contributed by atoms with Gasteiger partial charge >= 0.3 is 0 Å². The van der Waals surface area contributed by atoms with Gasteiger partial charge in [-0.1, -0.05) is 18.6 Å². The Bertz CT molecular complexity index is 446. The Morgan fingerprint density at radius 3 is 2.62 bits per heavy atom. The number of nitriles is 1. The van der Waals surface area contributed by atoms with E-state index in [-0.39, 0.29) is 6.61 Å². The van der Waals surface area contributed by atoms with Crippen LogP contribution < -0.4 is 10.1 Å². The van der Waals surface area contributed by atoms with Crippen molar-refractivity contribution in [2.75, 3.05) is 32.8 Å². The fourth-order valence-electron chi connectivity index (χ4n) is 2.71. The predicted molar refractivity (Wildman–Crippen MR) is 84.3 cm³/mol. The lowest BCUT2D eigenvalue weighted by molar-refractivity contribution is 0.227. The first-order chi connectivity index (χ1) is 10.3. The van der Waals surface area contributed by atoms with Gasteiger partial charge in [0.1, 0.15) is 11.8 Å². The van der Waals surface area contributed by atoms with Crippen molar-refractivity contribution in [1.82, 2.24) is 10.2 Å². The van der Waals surface area contributed by atoms with Gasteiger partial charge in [0.15, 0.2) is 6.61 Å². The van der Waals surface area contributed by atoms with Crippen molar-refractivity contribution < 1.29 is 4.74 Å². The van der Waals surface area contributed by atoms with Crippen molar-refractivity contribution in [3.05, 3.63) is 29.8 Å². The molecule has 1 aliphatic heterocycles. The van der Waals surface area contributed by atoms with Gasteiger partial charge in [-0.15, -0.1) is 0 Å². The third-order valence-corrected chi connectivity index (χ3v) is 4.01. The number of ether oxygens (including phenoxy) is 1. The van der Waals surface area contributed by atoms with E-state index >= 15 is 0 Å². The Kier molecular flexibility index (Phi) is 6.52. The van der Waals surface area contributed by atoms with Crippen LogP contribution in [0.2, 0.25) is 0 Å². The van der Waals surface area contributed by atoms with Gasteiger partial charge in [-0.3, -0.25) is 0 Å². The van der Waals surface area contributed by atoms with E-state index in [0.717, 1.165) is 18.8 Å². The zero-order valence-electron chi connectivity index (χ0n) is 12.8. The van der Waals surface area contributed by atoms with Crippen LogP contribution in [0.4, 0.5) is 0 Å². The van der Waals surface area contributed by atoms with Crippen LogP contribution in [0, 0.1) is 11.3 Å². The molecule has 21 heavy (non-hydrogen) atoms. The summed E-state index contributed by atoms with van der Waals surface area (Å²) in [6, 6.07) is 10.3. The maximum absolute atomic E-state index is 8.49. The van der Waals surface area contributed by atoms with Crippen LogP contribution in [0.25, 0.3) is 0 Å². The number of nitrogens with one attached hydrogen (secondary N) is 1. The SMILES string of the molecule is CC(NCCN1CCCCC1)c1ccc(OCC#N)cc1. The number of piperidine rings is 1. The molecule has 0 aliphatic carbocycles. The molecule has 1 heterocycles. The molecule has 0 saturated carbocycles. The average molecular weight is 287 g/mol. The zero-order chi connectivity index (χ0) is 14.9. The third-order valence-electron chi connectivity index (χ3n) is 4.01. The van der Waals surface area contributed by atoms with Crippen molar-refractivity contribution in [3.63, 3.8) is 0 Å². The van der Waals surface area contributed by atoms with Gasteiger partial charge in [0.05, 0.1) is 0 Å². The lowest BCUT2D eigenvalue weighted by atomic mass is 10.1. The summed E-state index contributed by atoms with van der Waals surface area (Å²) in [5.74, 6) is 0.751. The Morgan fingerprint density at radius 1 is 1.24 bits per heavy atom. The predicted octanol–water partition coefficient (Wildman–Crippen LogP) is 2.73. The summed E-state index contributed by atoms with van der Waals surface area (Å²) in [7, 11) is 0. The van der Waals surface area contributed by atoms with E-state index in [2.05, 4.69) is 29.3 Å². The first-order valence-corrected chi connectivity index (χ1v) is 7.85. The van der Waals surface area contributed by atoms with Crippen molar-refractivity contribution in [1.29, 1.82) is 5.26 Å². The Labute approximate surface area is 127 Å². The fourth-order valence-corrected chi connectivity index (χ4v) is 2.71. The molecule has 0 radical (unpaired) electrons. The van der Waals surface area contributed by atoms with Gasteiger partial charge < -0.3 is 15.0 Å². The molecular formula is C17H25N3O. The smallest absolute Gasteiger partial charge is 0.174 e. The van der Waals surface area contributed by atoms with E-state index in [0.29, 0.717) is 6.04 Å². The molecule has 1 aromatic rings. The molecule has 0 spiro atoms. The maximum Gasteiger partial charge on any atom is 0.174 e. The summed E-state index contributed by atoms with van der Waals surface area (Å²) in [6.45, 7) is 6.94. The van der Waals surface area contributed by atoms with Gasteiger partial charge in [-0.25, -0.2) is 0 Å². The summed E-state index contributed by atoms with van der Waals surface area (Å²) >= 11 is 0. The molecule has 1 aromatic carbocycles. The van der Waals surface area contributed by atoms with E-state index < -0.39 is 0 Å². The highest BCUT2D eigenvalue weighted by Crippen LogP contribution is 2.17. The highest BCUT2D eigenvalue weighted by Gasteiger charge is 2.10. The summed E-state index contributed by atoms with van der Waals surface area (Å²) in [5.41, 5.74) is 1.25. The molecule has 114 valence electrons. The van der Waals surface area contributed by atoms with Crippen LogP contribution >= 0.6 is 0 Å². The monoisotopic (exact) mass is 287 g/mol. The van der Waals surface area contributed by atoms with Crippen LogP contribution in [-0.2, 0) is 0 Å². The second-order valence-electron chi connectivity index (χ2n) is 5.59. The van der Waals surface area contributed by atoms with Crippen LogP contribution in [0.15, 0.2) is 24.3 Å². The van der Waals surface area contributed by atoms with Gasteiger partial charge in [-0.05, 0) is 50.6 Å². The normalized spacial score (nSPS) is 17.1. The van der Waals surface area contributed by atoms with Gasteiger partial charge in [0.2, 0.25) is 0 Å². The first kappa shape index (κ1) is 15.8. The lowest BCUT2D eigenvalue weighted by Crippen LogP contribution is -2.36. The number of rotatable bonds is 7. The molecule has 1 unspecified atom stereocenters.